The standard InChI is InChI=1S/C17H19FN2O4S.ClH/c1-25(22,23)14-2-3-16(15(18)11-14)20-9-6-13(10-17(20)21)24-12-4-7-19-8-5-12;/h2-3,6,9-12,19H,4-5,7-8H2,1H3;1H. The maximum atomic E-state index is 14.3. The lowest BCUT2D eigenvalue weighted by molar-refractivity contribution is 0.162. The Morgan fingerprint density at radius 3 is 2.46 bits per heavy atom. The van der Waals surface area contributed by atoms with Crippen LogP contribution in [0.2, 0.25) is 0 Å². The summed E-state index contributed by atoms with van der Waals surface area (Å²) in [6, 6.07) is 6.38. The summed E-state index contributed by atoms with van der Waals surface area (Å²) in [6.45, 7) is 1.75. The lowest BCUT2D eigenvalue weighted by Gasteiger charge is -2.23. The molecule has 2 heterocycles. The van der Waals surface area contributed by atoms with Gasteiger partial charge in [0, 0.05) is 18.5 Å². The van der Waals surface area contributed by atoms with Gasteiger partial charge >= 0.3 is 0 Å². The van der Waals surface area contributed by atoms with E-state index in [1.165, 1.54) is 24.4 Å². The van der Waals surface area contributed by atoms with Gasteiger partial charge in [-0.2, -0.15) is 0 Å². The van der Waals surface area contributed by atoms with Gasteiger partial charge in [0.1, 0.15) is 17.7 Å². The highest BCUT2D eigenvalue weighted by Crippen LogP contribution is 2.19. The van der Waals surface area contributed by atoms with Crippen molar-refractivity contribution in [3.8, 4) is 11.4 Å². The number of sulfone groups is 1. The Bertz CT molecular complexity index is 940. The molecular formula is C17H20ClFN2O4S. The van der Waals surface area contributed by atoms with Gasteiger partial charge in [0.05, 0.1) is 10.6 Å². The molecule has 1 N–H and O–H groups in total. The molecule has 2 aromatic rings. The highest BCUT2D eigenvalue weighted by Gasteiger charge is 2.16. The van der Waals surface area contributed by atoms with E-state index in [9.17, 15) is 17.6 Å². The van der Waals surface area contributed by atoms with Crippen molar-refractivity contribution in [3.63, 3.8) is 0 Å². The van der Waals surface area contributed by atoms with Crippen LogP contribution in [-0.2, 0) is 9.84 Å². The molecule has 0 radical (unpaired) electrons. The molecule has 6 nitrogen and oxygen atoms in total. The number of ether oxygens (including phenoxy) is 1. The Morgan fingerprint density at radius 1 is 1.19 bits per heavy atom. The van der Waals surface area contributed by atoms with Crippen molar-refractivity contribution in [2.45, 2.75) is 23.8 Å². The molecule has 1 aromatic heterocycles. The molecule has 0 atom stereocenters. The average molecular weight is 403 g/mol. The zero-order valence-corrected chi connectivity index (χ0v) is 15.8. The van der Waals surface area contributed by atoms with Crippen LogP contribution < -0.4 is 15.6 Å². The number of nitrogens with zero attached hydrogens (tertiary/aromatic N) is 1. The average Bonchev–Trinajstić information content (AvgIpc) is 2.56. The minimum atomic E-state index is -3.51. The molecule has 142 valence electrons. The first kappa shape index (κ1) is 20.4. The summed E-state index contributed by atoms with van der Waals surface area (Å²) in [4.78, 5) is 12.2. The third kappa shape index (κ3) is 4.63. The van der Waals surface area contributed by atoms with Gasteiger partial charge in [0.2, 0.25) is 0 Å². The number of hydrogen-bond acceptors (Lipinski definition) is 5. The molecule has 26 heavy (non-hydrogen) atoms. The fourth-order valence-corrected chi connectivity index (χ4v) is 3.39. The van der Waals surface area contributed by atoms with Crippen LogP contribution >= 0.6 is 12.4 Å². The summed E-state index contributed by atoms with van der Waals surface area (Å²) in [6.07, 6.45) is 4.22. The zero-order valence-electron chi connectivity index (χ0n) is 14.1. The van der Waals surface area contributed by atoms with Crippen LogP contribution in [0, 0.1) is 5.82 Å². The second kappa shape index (κ2) is 8.20. The van der Waals surface area contributed by atoms with Crippen LogP contribution in [0.3, 0.4) is 0 Å². The molecule has 9 heteroatoms. The summed E-state index contributed by atoms with van der Waals surface area (Å²) in [5.41, 5.74) is -0.455. The number of nitrogens with one attached hydrogen (secondary N) is 1. The van der Waals surface area contributed by atoms with E-state index in [2.05, 4.69) is 5.32 Å². The lowest BCUT2D eigenvalue weighted by atomic mass is 10.1. The molecule has 1 aliphatic heterocycles. The second-order valence-electron chi connectivity index (χ2n) is 6.02. The molecule has 0 unspecified atom stereocenters. The van der Waals surface area contributed by atoms with Crippen LogP contribution in [0.25, 0.3) is 5.69 Å². The molecule has 0 aliphatic carbocycles. The number of aromatic nitrogens is 1. The third-order valence-electron chi connectivity index (χ3n) is 4.09. The van der Waals surface area contributed by atoms with Gasteiger partial charge < -0.3 is 10.1 Å². The smallest absolute Gasteiger partial charge is 0.258 e. The first-order valence-corrected chi connectivity index (χ1v) is 9.84. The van der Waals surface area contributed by atoms with Crippen molar-refractivity contribution in [2.24, 2.45) is 0 Å². The highest BCUT2D eigenvalue weighted by molar-refractivity contribution is 7.90. The minimum Gasteiger partial charge on any atom is -0.490 e. The first-order chi connectivity index (χ1) is 11.8. The van der Waals surface area contributed by atoms with Crippen LogP contribution in [0.15, 0.2) is 46.2 Å². The molecular weight excluding hydrogens is 383 g/mol. The van der Waals surface area contributed by atoms with Gasteiger partial charge in [0.15, 0.2) is 9.84 Å². The summed E-state index contributed by atoms with van der Waals surface area (Å²) < 4.78 is 44.1. The fourth-order valence-electron chi connectivity index (χ4n) is 2.75. The predicted octanol–water partition coefficient (Wildman–Crippen LogP) is 1.93. The summed E-state index contributed by atoms with van der Waals surface area (Å²) >= 11 is 0. The number of benzene rings is 1. The lowest BCUT2D eigenvalue weighted by Crippen LogP contribution is -2.34. The number of hydrogen-bond donors (Lipinski definition) is 1. The SMILES string of the molecule is CS(=O)(=O)c1ccc(-n2ccc(OC3CCNCC3)cc2=O)c(F)c1.Cl. The first-order valence-electron chi connectivity index (χ1n) is 7.95. The normalized spacial score (nSPS) is 15.3. The summed E-state index contributed by atoms with van der Waals surface area (Å²) in [5, 5.41) is 3.23. The van der Waals surface area contributed by atoms with E-state index in [1.807, 2.05) is 0 Å². The van der Waals surface area contributed by atoms with Crippen molar-refractivity contribution in [1.29, 1.82) is 0 Å². The van der Waals surface area contributed by atoms with Gasteiger partial charge in [0.25, 0.3) is 5.56 Å². The Labute approximate surface area is 157 Å². The molecule has 1 aromatic carbocycles. The van der Waals surface area contributed by atoms with Crippen LogP contribution in [-0.4, -0.2) is 38.4 Å². The fraction of sp³-hybridized carbons (Fsp3) is 0.353. The van der Waals surface area contributed by atoms with E-state index < -0.39 is 21.2 Å². The maximum absolute atomic E-state index is 14.3. The summed E-state index contributed by atoms with van der Waals surface area (Å²) in [5.74, 6) is -0.335. The third-order valence-corrected chi connectivity index (χ3v) is 5.20. The summed E-state index contributed by atoms with van der Waals surface area (Å²) in [7, 11) is -3.51. The zero-order chi connectivity index (χ0) is 18.0. The van der Waals surface area contributed by atoms with E-state index in [0.29, 0.717) is 5.75 Å². The Balaban J connectivity index is 0.00000243. The van der Waals surface area contributed by atoms with Crippen LogP contribution in [0.4, 0.5) is 4.39 Å². The number of halogens is 2. The van der Waals surface area contributed by atoms with Gasteiger partial charge in [-0.1, -0.05) is 0 Å². The van der Waals surface area contributed by atoms with Crippen molar-refractivity contribution in [1.82, 2.24) is 9.88 Å². The van der Waals surface area contributed by atoms with E-state index in [0.717, 1.165) is 42.8 Å². The van der Waals surface area contributed by atoms with Gasteiger partial charge in [-0.05, 0) is 50.2 Å². The molecule has 3 rings (SSSR count). The number of pyridine rings is 1. The topological polar surface area (TPSA) is 77.4 Å². The maximum Gasteiger partial charge on any atom is 0.258 e. The van der Waals surface area contributed by atoms with E-state index >= 15 is 0 Å². The monoisotopic (exact) mass is 402 g/mol. The van der Waals surface area contributed by atoms with E-state index in [-0.39, 0.29) is 29.1 Å². The Hall–Kier alpha value is -1.90. The Morgan fingerprint density at radius 2 is 1.88 bits per heavy atom. The number of rotatable bonds is 4. The highest BCUT2D eigenvalue weighted by atomic mass is 35.5. The molecule has 0 spiro atoms. The van der Waals surface area contributed by atoms with E-state index in [4.69, 9.17) is 4.74 Å². The molecule has 1 saturated heterocycles. The van der Waals surface area contributed by atoms with Crippen molar-refractivity contribution in [3.05, 3.63) is 52.7 Å². The second-order valence-corrected chi connectivity index (χ2v) is 8.04. The molecule has 1 aliphatic rings. The van der Waals surface area contributed by atoms with Crippen LogP contribution in [0.5, 0.6) is 5.75 Å². The van der Waals surface area contributed by atoms with Gasteiger partial charge in [-0.3, -0.25) is 9.36 Å². The minimum absolute atomic E-state index is 0. The molecule has 0 bridgehead atoms. The van der Waals surface area contributed by atoms with Crippen LogP contribution in [0.1, 0.15) is 12.8 Å². The van der Waals surface area contributed by atoms with Crippen molar-refractivity contribution >= 4 is 22.2 Å². The quantitative estimate of drug-likeness (QED) is 0.845. The number of piperidine rings is 1. The Kier molecular flexibility index (Phi) is 6.44. The molecule has 1 fully saturated rings. The predicted molar refractivity (Wildman–Crippen MR) is 98.9 cm³/mol. The van der Waals surface area contributed by atoms with E-state index in [1.54, 1.807) is 6.07 Å². The van der Waals surface area contributed by atoms with Gasteiger partial charge in [-0.15, -0.1) is 12.4 Å². The largest absolute Gasteiger partial charge is 0.490 e. The van der Waals surface area contributed by atoms with Crippen molar-refractivity contribution in [2.75, 3.05) is 19.3 Å². The molecule has 0 saturated carbocycles. The molecule has 0 amide bonds. The van der Waals surface area contributed by atoms with Crippen molar-refractivity contribution < 1.29 is 17.5 Å². The van der Waals surface area contributed by atoms with Gasteiger partial charge in [-0.25, -0.2) is 12.8 Å².